The molecule has 0 bridgehead atoms. The summed E-state index contributed by atoms with van der Waals surface area (Å²) in [6.45, 7) is 5.56. The fourth-order valence-electron chi connectivity index (χ4n) is 4.03. The monoisotopic (exact) mass is 484 g/mol. The predicted molar refractivity (Wildman–Crippen MR) is 132 cm³/mol. The second-order valence-corrected chi connectivity index (χ2v) is 9.24. The van der Waals surface area contributed by atoms with Crippen molar-refractivity contribution in [1.29, 1.82) is 0 Å². The quantitative estimate of drug-likeness (QED) is 0.528. The number of carbonyl (C=O) groups is 2. The lowest BCUT2D eigenvalue weighted by atomic mass is 9.97. The van der Waals surface area contributed by atoms with Gasteiger partial charge in [0.15, 0.2) is 10.8 Å². The van der Waals surface area contributed by atoms with E-state index in [0.717, 1.165) is 24.9 Å². The fraction of sp³-hybridized carbons (Fsp3) is 0.435. The molecule has 180 valence electrons. The van der Waals surface area contributed by atoms with Gasteiger partial charge in [0.05, 0.1) is 18.7 Å². The minimum atomic E-state index is -0.363. The summed E-state index contributed by atoms with van der Waals surface area (Å²) >= 11 is 1.25. The maximum Gasteiger partial charge on any atom is 0.273 e. The van der Waals surface area contributed by atoms with Gasteiger partial charge in [-0.25, -0.2) is 4.98 Å². The van der Waals surface area contributed by atoms with Gasteiger partial charge in [0, 0.05) is 19.6 Å². The number of hydrogen-bond acceptors (Lipinski definition) is 8. The van der Waals surface area contributed by atoms with Gasteiger partial charge in [-0.15, -0.1) is 0 Å². The van der Waals surface area contributed by atoms with E-state index in [0.29, 0.717) is 40.0 Å². The third-order valence-electron chi connectivity index (χ3n) is 5.73. The Hall–Kier alpha value is -3.47. The van der Waals surface area contributed by atoms with Gasteiger partial charge < -0.3 is 20.3 Å². The number of hydrogen-bond donors (Lipinski definition) is 2. The summed E-state index contributed by atoms with van der Waals surface area (Å²) in [6.07, 6.45) is 3.05. The standard InChI is InChI=1S/C23H28N6O4S/c1-4-24-21(31)15-6-5-9-28(11-15)23-27-20-19(34-23)22(32)29(13-25-20)12-18(30)26-16-10-14(2)7-8-17(16)33-3/h7-8,10,13,15H,4-6,9,11-12H2,1-3H3,(H,24,31)(H,26,30)/t15-/m1/s1. The number of aromatic nitrogens is 3. The second kappa shape index (κ2) is 10.2. The number of nitrogens with one attached hydrogen (secondary N) is 2. The van der Waals surface area contributed by atoms with E-state index in [-0.39, 0.29) is 29.8 Å². The summed E-state index contributed by atoms with van der Waals surface area (Å²) in [5, 5.41) is 6.35. The van der Waals surface area contributed by atoms with Crippen molar-refractivity contribution >= 4 is 44.3 Å². The van der Waals surface area contributed by atoms with Crippen LogP contribution in [0.25, 0.3) is 10.3 Å². The van der Waals surface area contributed by atoms with Crippen molar-refractivity contribution in [2.24, 2.45) is 5.92 Å². The number of benzene rings is 1. The SMILES string of the molecule is CCNC(=O)[C@@H]1CCCN(c2nc3ncn(CC(=O)Nc4cc(C)ccc4OC)c(=O)c3s2)C1. The molecule has 4 rings (SSSR count). The normalized spacial score (nSPS) is 15.9. The predicted octanol–water partition coefficient (Wildman–Crippen LogP) is 2.16. The lowest BCUT2D eigenvalue weighted by Gasteiger charge is -2.31. The minimum Gasteiger partial charge on any atom is -0.495 e. The van der Waals surface area contributed by atoms with E-state index in [1.54, 1.807) is 6.07 Å². The molecule has 0 saturated carbocycles. The van der Waals surface area contributed by atoms with Crippen LogP contribution in [0.15, 0.2) is 29.3 Å². The Kier molecular flexibility index (Phi) is 7.11. The lowest BCUT2D eigenvalue weighted by molar-refractivity contribution is -0.125. The van der Waals surface area contributed by atoms with Crippen LogP contribution >= 0.6 is 11.3 Å². The molecule has 11 heteroatoms. The van der Waals surface area contributed by atoms with Gasteiger partial charge in [-0.1, -0.05) is 17.4 Å². The molecule has 1 atom stereocenters. The Labute approximate surface area is 201 Å². The van der Waals surface area contributed by atoms with Crippen molar-refractivity contribution in [3.8, 4) is 5.75 Å². The Bertz CT molecular complexity index is 1270. The van der Waals surface area contributed by atoms with Crippen LogP contribution < -0.4 is 25.8 Å². The van der Waals surface area contributed by atoms with Crippen LogP contribution in [-0.4, -0.2) is 53.1 Å². The highest BCUT2D eigenvalue weighted by molar-refractivity contribution is 7.22. The molecule has 2 aromatic heterocycles. The molecule has 2 N–H and O–H groups in total. The summed E-state index contributed by atoms with van der Waals surface area (Å²) in [7, 11) is 1.53. The highest BCUT2D eigenvalue weighted by Crippen LogP contribution is 2.29. The van der Waals surface area contributed by atoms with Gasteiger partial charge in [-0.05, 0) is 44.4 Å². The van der Waals surface area contributed by atoms with Crippen LogP contribution in [0, 0.1) is 12.8 Å². The molecule has 1 aliphatic heterocycles. The molecule has 3 heterocycles. The topological polar surface area (TPSA) is 118 Å². The number of fused-ring (bicyclic) bond motifs is 1. The van der Waals surface area contributed by atoms with E-state index in [2.05, 4.69) is 20.6 Å². The van der Waals surface area contributed by atoms with Gasteiger partial charge in [0.2, 0.25) is 11.8 Å². The molecule has 1 saturated heterocycles. The molecule has 10 nitrogen and oxygen atoms in total. The number of amides is 2. The Morgan fingerprint density at radius 3 is 2.91 bits per heavy atom. The zero-order valence-electron chi connectivity index (χ0n) is 19.5. The number of methoxy groups -OCH3 is 1. The summed E-state index contributed by atoms with van der Waals surface area (Å²) in [5.74, 6) is 0.120. The third kappa shape index (κ3) is 5.04. The summed E-state index contributed by atoms with van der Waals surface area (Å²) in [6, 6.07) is 5.47. The van der Waals surface area contributed by atoms with Crippen molar-refractivity contribution in [2.45, 2.75) is 33.2 Å². The molecule has 0 unspecified atom stereocenters. The van der Waals surface area contributed by atoms with Crippen molar-refractivity contribution in [1.82, 2.24) is 19.9 Å². The molecule has 0 spiro atoms. The highest BCUT2D eigenvalue weighted by atomic mass is 32.1. The number of anilines is 2. The molecule has 1 aliphatic rings. The molecule has 1 aromatic carbocycles. The Balaban J connectivity index is 1.51. The van der Waals surface area contributed by atoms with Crippen LogP contribution in [0.5, 0.6) is 5.75 Å². The maximum atomic E-state index is 13.1. The van der Waals surface area contributed by atoms with Gasteiger partial charge in [-0.3, -0.25) is 19.0 Å². The zero-order chi connectivity index (χ0) is 24.2. The summed E-state index contributed by atoms with van der Waals surface area (Å²) in [4.78, 5) is 48.8. The van der Waals surface area contributed by atoms with Gasteiger partial charge in [0.25, 0.3) is 5.56 Å². The van der Waals surface area contributed by atoms with Crippen LogP contribution in [0.2, 0.25) is 0 Å². The summed E-state index contributed by atoms with van der Waals surface area (Å²) < 4.78 is 6.96. The number of piperidine rings is 1. The molecule has 3 aromatic rings. The first kappa shape index (κ1) is 23.7. The van der Waals surface area contributed by atoms with Crippen LogP contribution in [-0.2, 0) is 16.1 Å². The zero-order valence-corrected chi connectivity index (χ0v) is 20.3. The van der Waals surface area contributed by atoms with Crippen molar-refractivity contribution in [3.63, 3.8) is 0 Å². The van der Waals surface area contributed by atoms with E-state index in [1.165, 1.54) is 29.3 Å². The Morgan fingerprint density at radius 1 is 1.32 bits per heavy atom. The number of carbonyl (C=O) groups excluding carboxylic acids is 2. The average Bonchev–Trinajstić information content (AvgIpc) is 3.27. The van der Waals surface area contributed by atoms with Crippen molar-refractivity contribution < 1.29 is 14.3 Å². The maximum absolute atomic E-state index is 13.1. The van der Waals surface area contributed by atoms with Crippen LogP contribution in [0.1, 0.15) is 25.3 Å². The fourth-order valence-corrected chi connectivity index (χ4v) is 5.03. The number of thiazole rings is 1. The molecular weight excluding hydrogens is 456 g/mol. The lowest BCUT2D eigenvalue weighted by Crippen LogP contribution is -2.43. The van der Waals surface area contributed by atoms with Crippen molar-refractivity contribution in [3.05, 3.63) is 40.4 Å². The molecular formula is C23H28N6O4S. The van der Waals surface area contributed by atoms with E-state index < -0.39 is 0 Å². The second-order valence-electron chi connectivity index (χ2n) is 8.26. The van der Waals surface area contributed by atoms with Gasteiger partial charge >= 0.3 is 0 Å². The number of nitrogens with zero attached hydrogens (tertiary/aromatic N) is 4. The molecule has 1 fully saturated rings. The molecule has 2 amide bonds. The summed E-state index contributed by atoms with van der Waals surface area (Å²) in [5.41, 5.74) is 1.54. The number of aryl methyl sites for hydroxylation is 1. The largest absolute Gasteiger partial charge is 0.495 e. The highest BCUT2D eigenvalue weighted by Gasteiger charge is 2.27. The van der Waals surface area contributed by atoms with E-state index in [1.807, 2.05) is 30.9 Å². The Morgan fingerprint density at radius 2 is 2.15 bits per heavy atom. The van der Waals surface area contributed by atoms with E-state index >= 15 is 0 Å². The van der Waals surface area contributed by atoms with Crippen LogP contribution in [0.3, 0.4) is 0 Å². The third-order valence-corrected chi connectivity index (χ3v) is 6.82. The van der Waals surface area contributed by atoms with Gasteiger partial charge in [0.1, 0.15) is 23.3 Å². The van der Waals surface area contributed by atoms with E-state index in [4.69, 9.17) is 4.74 Å². The molecule has 0 aliphatic carbocycles. The number of rotatable bonds is 7. The number of ether oxygens (including phenoxy) is 1. The smallest absolute Gasteiger partial charge is 0.273 e. The first-order chi connectivity index (χ1) is 16.4. The average molecular weight is 485 g/mol. The molecule has 34 heavy (non-hydrogen) atoms. The first-order valence-electron chi connectivity index (χ1n) is 11.2. The molecule has 0 radical (unpaired) electrons. The van der Waals surface area contributed by atoms with Crippen molar-refractivity contribution in [2.75, 3.05) is 37.0 Å². The minimum absolute atomic E-state index is 0.0463. The first-order valence-corrected chi connectivity index (χ1v) is 12.0. The van der Waals surface area contributed by atoms with Crippen LogP contribution in [0.4, 0.5) is 10.8 Å². The van der Waals surface area contributed by atoms with E-state index in [9.17, 15) is 14.4 Å². The van der Waals surface area contributed by atoms with Gasteiger partial charge in [-0.2, -0.15) is 4.98 Å².